The molecule has 0 saturated heterocycles. The minimum atomic E-state index is -0.107. The maximum Gasteiger partial charge on any atom is 0.306 e. The van der Waals surface area contributed by atoms with Crippen LogP contribution < -0.4 is 0 Å². The molecule has 1 aliphatic heterocycles. The molecule has 0 aromatic heterocycles. The second-order valence-corrected chi connectivity index (χ2v) is 20.2. The van der Waals surface area contributed by atoms with Crippen molar-refractivity contribution < 1.29 is 14.3 Å². The molecule has 0 amide bonds. The molecule has 3 atom stereocenters. The van der Waals surface area contributed by atoms with E-state index in [9.17, 15) is 4.79 Å². The van der Waals surface area contributed by atoms with E-state index in [1.807, 2.05) is 0 Å². The molecule has 2 unspecified atom stereocenters. The molecular weight excluding hydrogens is 745 g/mol. The molecule has 0 N–H and O–H groups in total. The Morgan fingerprint density at radius 1 is 0.672 bits per heavy atom. The SMILES string of the molecule is CCCCCCCCCCCCCCCC(=O)O[C@@H]1CC(C)=C(/C=C/C(C)=C/C=C/C(C)=C/C=C/C=C(C)/C=C/C=C(C)/C=C/C2C=C3C(C)(C)CCCC3(C)O2)C(C)(C)C1. The third-order valence-electron chi connectivity index (χ3n) is 13.1. The maximum absolute atomic E-state index is 12.7. The van der Waals surface area contributed by atoms with E-state index in [-0.39, 0.29) is 34.6 Å². The largest absolute Gasteiger partial charge is 0.462 e. The lowest BCUT2D eigenvalue weighted by Crippen LogP contribution is -2.39. The summed E-state index contributed by atoms with van der Waals surface area (Å²) in [6, 6.07) is 0. The third-order valence-corrected chi connectivity index (χ3v) is 13.1. The highest BCUT2D eigenvalue weighted by Crippen LogP contribution is 2.51. The van der Waals surface area contributed by atoms with Gasteiger partial charge in [0.15, 0.2) is 0 Å². The van der Waals surface area contributed by atoms with E-state index in [0.717, 1.165) is 32.1 Å². The topological polar surface area (TPSA) is 35.5 Å². The molecule has 0 bridgehead atoms. The van der Waals surface area contributed by atoms with Crippen LogP contribution in [0.25, 0.3) is 0 Å². The van der Waals surface area contributed by atoms with E-state index in [0.29, 0.717) is 6.42 Å². The molecular formula is C58H88O3. The Morgan fingerprint density at radius 2 is 1.18 bits per heavy atom. The van der Waals surface area contributed by atoms with Crippen molar-refractivity contribution >= 4 is 5.97 Å². The summed E-state index contributed by atoms with van der Waals surface area (Å²) in [5.74, 6) is -0.0213. The van der Waals surface area contributed by atoms with E-state index in [1.54, 1.807) is 0 Å². The Labute approximate surface area is 375 Å². The molecule has 3 aliphatic rings. The van der Waals surface area contributed by atoms with Crippen molar-refractivity contribution in [3.63, 3.8) is 0 Å². The van der Waals surface area contributed by atoms with Gasteiger partial charge in [-0.05, 0) is 102 Å². The number of ether oxygens (including phenoxy) is 2. The van der Waals surface area contributed by atoms with Crippen molar-refractivity contribution in [1.82, 2.24) is 0 Å². The molecule has 3 rings (SSSR count). The van der Waals surface area contributed by atoms with Crippen molar-refractivity contribution in [2.75, 3.05) is 0 Å². The zero-order valence-corrected chi connectivity index (χ0v) is 41.0. The van der Waals surface area contributed by atoms with Crippen LogP contribution in [-0.4, -0.2) is 23.8 Å². The Kier molecular flexibility index (Phi) is 22.9. The second-order valence-electron chi connectivity index (χ2n) is 20.2. The Morgan fingerprint density at radius 3 is 1.72 bits per heavy atom. The van der Waals surface area contributed by atoms with Gasteiger partial charge >= 0.3 is 5.97 Å². The highest BCUT2D eigenvalue weighted by atomic mass is 16.5. The van der Waals surface area contributed by atoms with Crippen molar-refractivity contribution in [2.24, 2.45) is 10.8 Å². The van der Waals surface area contributed by atoms with Crippen LogP contribution >= 0.6 is 0 Å². The van der Waals surface area contributed by atoms with Crippen LogP contribution in [0.3, 0.4) is 0 Å². The molecule has 0 aromatic carbocycles. The van der Waals surface area contributed by atoms with Gasteiger partial charge in [-0.15, -0.1) is 0 Å². The zero-order valence-electron chi connectivity index (χ0n) is 41.0. The highest BCUT2D eigenvalue weighted by molar-refractivity contribution is 5.69. The van der Waals surface area contributed by atoms with Crippen molar-refractivity contribution in [3.8, 4) is 0 Å². The minimum Gasteiger partial charge on any atom is -0.462 e. The predicted molar refractivity (Wildman–Crippen MR) is 266 cm³/mol. The lowest BCUT2D eigenvalue weighted by molar-refractivity contribution is -0.150. The molecule has 0 radical (unpaired) electrons. The Hall–Kier alpha value is -3.43. The van der Waals surface area contributed by atoms with Gasteiger partial charge in [-0.25, -0.2) is 0 Å². The fourth-order valence-electron chi connectivity index (χ4n) is 9.54. The summed E-state index contributed by atoms with van der Waals surface area (Å²) < 4.78 is 12.5. The van der Waals surface area contributed by atoms with Crippen LogP contribution in [0.15, 0.2) is 130 Å². The number of unbranched alkanes of at least 4 members (excludes halogenated alkanes) is 12. The first-order valence-corrected chi connectivity index (χ1v) is 24.4. The molecule has 338 valence electrons. The van der Waals surface area contributed by atoms with Crippen molar-refractivity contribution in [1.29, 1.82) is 0 Å². The van der Waals surface area contributed by atoms with E-state index < -0.39 is 0 Å². The molecule has 2 aliphatic carbocycles. The molecule has 61 heavy (non-hydrogen) atoms. The molecule has 3 heteroatoms. The zero-order chi connectivity index (χ0) is 44.7. The normalized spacial score (nSPS) is 24.0. The molecule has 1 heterocycles. The van der Waals surface area contributed by atoms with Gasteiger partial charge in [0.05, 0.1) is 11.7 Å². The number of allylic oxidation sites excluding steroid dienone is 18. The summed E-state index contributed by atoms with van der Waals surface area (Å²) in [4.78, 5) is 12.7. The van der Waals surface area contributed by atoms with Crippen molar-refractivity contribution in [2.45, 2.75) is 216 Å². The smallest absolute Gasteiger partial charge is 0.306 e. The third kappa shape index (κ3) is 19.7. The monoisotopic (exact) mass is 833 g/mol. The van der Waals surface area contributed by atoms with Crippen LogP contribution in [0.2, 0.25) is 0 Å². The molecule has 1 saturated carbocycles. The second kappa shape index (κ2) is 26.9. The number of hydrogen-bond acceptors (Lipinski definition) is 3. The summed E-state index contributed by atoms with van der Waals surface area (Å²) in [7, 11) is 0. The van der Waals surface area contributed by atoms with Gasteiger partial charge in [-0.3, -0.25) is 4.79 Å². The van der Waals surface area contributed by atoms with Gasteiger partial charge < -0.3 is 9.47 Å². The maximum atomic E-state index is 12.7. The van der Waals surface area contributed by atoms with Gasteiger partial charge in [0.25, 0.3) is 0 Å². The summed E-state index contributed by atoms with van der Waals surface area (Å²) in [5.41, 5.74) is 9.03. The fourth-order valence-corrected chi connectivity index (χ4v) is 9.54. The lowest BCUT2D eigenvalue weighted by atomic mass is 9.67. The number of esters is 1. The number of carbonyl (C=O) groups is 1. The van der Waals surface area contributed by atoms with E-state index in [2.05, 4.69) is 167 Å². The Balaban J connectivity index is 1.36. The standard InChI is InChI=1S/C58H88O3/c1-12-13-14-15-16-17-18-19-20-21-22-23-24-36-55(59)60-52-43-50(6)53(57(9,10)45-52)40-38-49(5)35-28-33-47(3)31-26-25-30-46(2)32-27-34-48(4)37-39-51-44-54-56(7,8)41-29-42-58(54,11)61-51/h25-28,30-35,37-40,44,51-52H,12-24,29,36,41-43,45H2,1-11H3/b26-25+,32-27+,33-28+,39-37+,40-38+,46-30+,47-31+,48-34+,49-35+/t51?,52-,58?/m1/s1. The average molecular weight is 833 g/mol. The van der Waals surface area contributed by atoms with Crippen LogP contribution in [0.4, 0.5) is 0 Å². The summed E-state index contributed by atoms with van der Waals surface area (Å²) in [6.45, 7) is 24.6. The van der Waals surface area contributed by atoms with E-state index in [4.69, 9.17) is 9.47 Å². The minimum absolute atomic E-state index is 0.0213. The molecule has 0 aromatic rings. The van der Waals surface area contributed by atoms with Gasteiger partial charge in [-0.1, -0.05) is 225 Å². The van der Waals surface area contributed by atoms with E-state index >= 15 is 0 Å². The molecule has 3 nitrogen and oxygen atoms in total. The van der Waals surface area contributed by atoms with Gasteiger partial charge in [0, 0.05) is 12.8 Å². The first-order valence-electron chi connectivity index (χ1n) is 24.4. The van der Waals surface area contributed by atoms with Crippen LogP contribution in [0.5, 0.6) is 0 Å². The quantitative estimate of drug-likeness (QED) is 0.0398. The highest BCUT2D eigenvalue weighted by Gasteiger charge is 2.47. The van der Waals surface area contributed by atoms with Crippen LogP contribution in [0, 0.1) is 10.8 Å². The lowest BCUT2D eigenvalue weighted by Gasteiger charge is -2.42. The molecule has 0 spiro atoms. The van der Waals surface area contributed by atoms with Crippen LogP contribution in [-0.2, 0) is 14.3 Å². The van der Waals surface area contributed by atoms with Crippen LogP contribution in [0.1, 0.15) is 198 Å². The molecule has 1 fully saturated rings. The number of hydrogen-bond donors (Lipinski definition) is 0. The predicted octanol–water partition coefficient (Wildman–Crippen LogP) is 17.4. The average Bonchev–Trinajstić information content (AvgIpc) is 3.54. The Bertz CT molecular complexity index is 1720. The fraction of sp³-hybridized carbons (Fsp3) is 0.603. The van der Waals surface area contributed by atoms with Gasteiger partial charge in [0.2, 0.25) is 0 Å². The van der Waals surface area contributed by atoms with E-state index in [1.165, 1.54) is 122 Å². The van der Waals surface area contributed by atoms with Crippen molar-refractivity contribution in [3.05, 3.63) is 130 Å². The number of carbonyl (C=O) groups excluding carboxylic acids is 1. The summed E-state index contributed by atoms with van der Waals surface area (Å²) >= 11 is 0. The summed E-state index contributed by atoms with van der Waals surface area (Å²) in [5, 5.41) is 0. The number of fused-ring (bicyclic) bond motifs is 1. The first-order chi connectivity index (χ1) is 29.0. The first kappa shape index (κ1) is 51.9. The van der Waals surface area contributed by atoms with Gasteiger partial charge in [0.1, 0.15) is 6.10 Å². The van der Waals surface area contributed by atoms with Gasteiger partial charge in [-0.2, -0.15) is 0 Å². The summed E-state index contributed by atoms with van der Waals surface area (Å²) in [6.07, 6.45) is 55.4. The number of rotatable bonds is 25.